The SMILES string of the molecule is O=[N+]([O-])c1ccc(N(O)S(=O)(=O)c2ccccc2)cc1. The summed E-state index contributed by atoms with van der Waals surface area (Å²) in [5.74, 6) is 0. The summed E-state index contributed by atoms with van der Waals surface area (Å²) >= 11 is 0. The molecule has 0 saturated carbocycles. The molecule has 0 radical (unpaired) electrons. The maximum absolute atomic E-state index is 12.1. The van der Waals surface area contributed by atoms with Gasteiger partial charge in [-0.3, -0.25) is 15.3 Å². The molecule has 0 unspecified atom stereocenters. The van der Waals surface area contributed by atoms with E-state index in [-0.39, 0.29) is 20.7 Å². The molecule has 0 amide bonds. The molecule has 1 N–H and O–H groups in total. The third kappa shape index (κ3) is 2.60. The molecule has 0 atom stereocenters. The van der Waals surface area contributed by atoms with Crippen LogP contribution in [0.2, 0.25) is 0 Å². The Labute approximate surface area is 114 Å². The van der Waals surface area contributed by atoms with Gasteiger partial charge in [0.1, 0.15) is 0 Å². The first-order valence-corrected chi connectivity index (χ1v) is 6.90. The Hall–Kier alpha value is -2.45. The second-order valence-electron chi connectivity index (χ2n) is 3.83. The van der Waals surface area contributed by atoms with Crippen molar-refractivity contribution in [2.45, 2.75) is 4.90 Å². The Morgan fingerprint density at radius 1 is 1.00 bits per heavy atom. The molecule has 0 aliphatic carbocycles. The van der Waals surface area contributed by atoms with E-state index in [1.165, 1.54) is 24.3 Å². The van der Waals surface area contributed by atoms with Gasteiger partial charge in [-0.1, -0.05) is 18.2 Å². The molecule has 0 spiro atoms. The van der Waals surface area contributed by atoms with Crippen molar-refractivity contribution in [3.8, 4) is 0 Å². The predicted molar refractivity (Wildman–Crippen MR) is 71.0 cm³/mol. The molecule has 0 bridgehead atoms. The van der Waals surface area contributed by atoms with Crippen LogP contribution in [0.1, 0.15) is 0 Å². The van der Waals surface area contributed by atoms with E-state index < -0.39 is 14.9 Å². The molecule has 2 aromatic carbocycles. The second kappa shape index (κ2) is 5.27. The molecular weight excluding hydrogens is 284 g/mol. The van der Waals surface area contributed by atoms with Crippen LogP contribution in [0.5, 0.6) is 0 Å². The van der Waals surface area contributed by atoms with Crippen LogP contribution in [0, 0.1) is 10.1 Å². The zero-order valence-corrected chi connectivity index (χ0v) is 10.9. The van der Waals surface area contributed by atoms with Crippen LogP contribution in [0.4, 0.5) is 11.4 Å². The molecule has 2 aromatic rings. The van der Waals surface area contributed by atoms with Crippen molar-refractivity contribution in [1.29, 1.82) is 0 Å². The highest BCUT2D eigenvalue weighted by Gasteiger charge is 2.23. The van der Waals surface area contributed by atoms with Crippen molar-refractivity contribution in [3.05, 3.63) is 64.7 Å². The minimum absolute atomic E-state index is 0.0825. The average molecular weight is 294 g/mol. The largest absolute Gasteiger partial charge is 0.286 e. The van der Waals surface area contributed by atoms with Crippen LogP contribution < -0.4 is 4.47 Å². The molecule has 2 rings (SSSR count). The lowest BCUT2D eigenvalue weighted by atomic mass is 10.3. The molecule has 0 heterocycles. The number of anilines is 1. The van der Waals surface area contributed by atoms with Crippen LogP contribution in [-0.2, 0) is 10.0 Å². The van der Waals surface area contributed by atoms with Gasteiger partial charge in [-0.25, -0.2) is 0 Å². The molecule has 0 aliphatic heterocycles. The van der Waals surface area contributed by atoms with E-state index >= 15 is 0 Å². The van der Waals surface area contributed by atoms with Gasteiger partial charge in [0, 0.05) is 12.1 Å². The van der Waals surface area contributed by atoms with Crippen molar-refractivity contribution < 1.29 is 18.5 Å². The summed E-state index contributed by atoms with van der Waals surface area (Å²) in [4.78, 5) is 9.82. The van der Waals surface area contributed by atoms with E-state index in [0.717, 1.165) is 24.3 Å². The van der Waals surface area contributed by atoms with Crippen molar-refractivity contribution in [2.24, 2.45) is 0 Å². The van der Waals surface area contributed by atoms with E-state index in [1.807, 2.05) is 0 Å². The molecule has 20 heavy (non-hydrogen) atoms. The number of rotatable bonds is 4. The fourth-order valence-electron chi connectivity index (χ4n) is 1.53. The second-order valence-corrected chi connectivity index (χ2v) is 5.60. The first-order chi connectivity index (χ1) is 9.43. The van der Waals surface area contributed by atoms with Gasteiger partial charge in [0.05, 0.1) is 15.5 Å². The van der Waals surface area contributed by atoms with E-state index in [0.29, 0.717) is 0 Å². The molecule has 0 fully saturated rings. The molecule has 0 aliphatic rings. The Morgan fingerprint density at radius 2 is 1.55 bits per heavy atom. The molecular formula is C12H10N2O5S. The average Bonchev–Trinajstić information content (AvgIpc) is 2.47. The molecule has 104 valence electrons. The highest BCUT2D eigenvalue weighted by Crippen LogP contribution is 2.23. The third-order valence-electron chi connectivity index (χ3n) is 2.55. The topological polar surface area (TPSA) is 101 Å². The standard InChI is InChI=1S/C12H10N2O5S/c15-13(16)10-6-8-11(9-7-10)14(17)20(18,19)12-4-2-1-3-5-12/h1-9,17H. The van der Waals surface area contributed by atoms with Crippen LogP contribution in [0.15, 0.2) is 59.5 Å². The normalized spacial score (nSPS) is 11.1. The number of hydrogen-bond acceptors (Lipinski definition) is 5. The van der Waals surface area contributed by atoms with Gasteiger partial charge in [-0.15, -0.1) is 4.47 Å². The number of nitro groups is 1. The summed E-state index contributed by atoms with van der Waals surface area (Å²) in [5.41, 5.74) is -0.279. The number of hydrogen-bond donors (Lipinski definition) is 1. The van der Waals surface area contributed by atoms with Gasteiger partial charge in [0.15, 0.2) is 0 Å². The first kappa shape index (κ1) is 14.0. The van der Waals surface area contributed by atoms with E-state index in [2.05, 4.69) is 0 Å². The monoisotopic (exact) mass is 294 g/mol. The summed E-state index contributed by atoms with van der Waals surface area (Å²) in [7, 11) is -4.11. The molecule has 0 aromatic heterocycles. The number of non-ortho nitro benzene ring substituents is 1. The maximum atomic E-state index is 12.1. The Bertz CT molecular complexity index is 713. The Balaban J connectivity index is 2.36. The van der Waals surface area contributed by atoms with Crippen molar-refractivity contribution in [2.75, 3.05) is 4.47 Å². The van der Waals surface area contributed by atoms with Gasteiger partial charge in [-0.05, 0) is 24.3 Å². The summed E-state index contributed by atoms with van der Waals surface area (Å²) in [5, 5.41) is 20.3. The van der Waals surface area contributed by atoms with E-state index in [4.69, 9.17) is 0 Å². The van der Waals surface area contributed by atoms with Gasteiger partial charge in [0.2, 0.25) is 0 Å². The van der Waals surface area contributed by atoms with Gasteiger partial charge in [-0.2, -0.15) is 8.42 Å². The Morgan fingerprint density at radius 3 is 2.05 bits per heavy atom. The zero-order valence-electron chi connectivity index (χ0n) is 10.1. The van der Waals surface area contributed by atoms with Gasteiger partial charge in [0.25, 0.3) is 15.7 Å². The first-order valence-electron chi connectivity index (χ1n) is 5.46. The highest BCUT2D eigenvalue weighted by atomic mass is 32.2. The number of nitro benzene ring substituents is 1. The summed E-state index contributed by atoms with van der Waals surface area (Å²) in [6.45, 7) is 0. The van der Waals surface area contributed by atoms with Gasteiger partial charge < -0.3 is 0 Å². The minimum Gasteiger partial charge on any atom is -0.274 e. The third-order valence-corrected chi connectivity index (χ3v) is 4.08. The quantitative estimate of drug-likeness (QED) is 0.688. The lowest BCUT2D eigenvalue weighted by Crippen LogP contribution is -2.27. The summed E-state index contributed by atoms with van der Waals surface area (Å²) in [6.07, 6.45) is 0. The lowest BCUT2D eigenvalue weighted by Gasteiger charge is -2.16. The number of sulfonamides is 1. The summed E-state index contributed by atoms with van der Waals surface area (Å²) < 4.78 is 24.3. The van der Waals surface area contributed by atoms with Crippen LogP contribution in [0.25, 0.3) is 0 Å². The van der Waals surface area contributed by atoms with E-state index in [1.54, 1.807) is 6.07 Å². The maximum Gasteiger partial charge on any atom is 0.286 e. The van der Waals surface area contributed by atoms with Crippen molar-refractivity contribution in [1.82, 2.24) is 0 Å². The zero-order chi connectivity index (χ0) is 14.8. The fraction of sp³-hybridized carbons (Fsp3) is 0. The minimum atomic E-state index is -4.11. The molecule has 0 saturated heterocycles. The number of benzene rings is 2. The van der Waals surface area contributed by atoms with Crippen molar-refractivity contribution in [3.63, 3.8) is 0 Å². The van der Waals surface area contributed by atoms with Gasteiger partial charge >= 0.3 is 0 Å². The number of nitrogens with zero attached hydrogens (tertiary/aromatic N) is 2. The van der Waals surface area contributed by atoms with Crippen LogP contribution in [0.3, 0.4) is 0 Å². The Kier molecular flexibility index (Phi) is 3.68. The summed E-state index contributed by atoms with van der Waals surface area (Å²) in [6, 6.07) is 11.9. The fourth-order valence-corrected chi connectivity index (χ4v) is 2.63. The predicted octanol–water partition coefficient (Wildman–Crippen LogP) is 2.18. The van der Waals surface area contributed by atoms with Crippen molar-refractivity contribution >= 4 is 21.4 Å². The van der Waals surface area contributed by atoms with Crippen LogP contribution >= 0.6 is 0 Å². The lowest BCUT2D eigenvalue weighted by molar-refractivity contribution is -0.384. The highest BCUT2D eigenvalue weighted by molar-refractivity contribution is 7.92. The molecule has 7 nitrogen and oxygen atoms in total. The van der Waals surface area contributed by atoms with E-state index in [9.17, 15) is 23.7 Å². The molecule has 8 heteroatoms. The van der Waals surface area contributed by atoms with Crippen LogP contribution in [-0.4, -0.2) is 18.5 Å². The smallest absolute Gasteiger partial charge is 0.274 e.